The number of ether oxygens (including phenoxy) is 2. The van der Waals surface area contributed by atoms with Gasteiger partial charge in [0.25, 0.3) is 0 Å². The van der Waals surface area contributed by atoms with Gasteiger partial charge in [0.05, 0.1) is 17.0 Å². The molecule has 2 aromatic rings. The zero-order chi connectivity index (χ0) is 19.6. The van der Waals surface area contributed by atoms with Crippen LogP contribution in [0.15, 0.2) is 30.3 Å². The van der Waals surface area contributed by atoms with Crippen LogP contribution >= 0.6 is 34.8 Å². The van der Waals surface area contributed by atoms with Crippen molar-refractivity contribution in [2.24, 2.45) is 5.92 Å². The van der Waals surface area contributed by atoms with E-state index < -0.39 is 0 Å². The number of benzene rings is 2. The van der Waals surface area contributed by atoms with Crippen molar-refractivity contribution in [1.82, 2.24) is 0 Å². The summed E-state index contributed by atoms with van der Waals surface area (Å²) in [7, 11) is 0. The molecular formula is C22H29Cl3O2. The van der Waals surface area contributed by atoms with Gasteiger partial charge < -0.3 is 9.47 Å². The number of halogens is 3. The Morgan fingerprint density at radius 2 is 1.74 bits per heavy atom. The van der Waals surface area contributed by atoms with Crippen molar-refractivity contribution in [2.45, 2.75) is 51.3 Å². The molecule has 0 heterocycles. The predicted molar refractivity (Wildman–Crippen MR) is 118 cm³/mol. The van der Waals surface area contributed by atoms with Crippen LogP contribution in [0.4, 0.5) is 0 Å². The summed E-state index contributed by atoms with van der Waals surface area (Å²) in [6.07, 6.45) is 5.42. The van der Waals surface area contributed by atoms with Crippen molar-refractivity contribution in [2.75, 3.05) is 19.1 Å². The lowest BCUT2D eigenvalue weighted by molar-refractivity contribution is 0.235. The van der Waals surface area contributed by atoms with E-state index in [0.29, 0.717) is 36.5 Å². The van der Waals surface area contributed by atoms with Crippen molar-refractivity contribution in [3.05, 3.63) is 35.4 Å². The fourth-order valence-corrected chi connectivity index (χ4v) is 3.83. The van der Waals surface area contributed by atoms with Gasteiger partial charge in [0.2, 0.25) is 0 Å². The zero-order valence-corrected chi connectivity index (χ0v) is 18.4. The van der Waals surface area contributed by atoms with E-state index in [-0.39, 0.29) is 5.38 Å². The normalized spacial score (nSPS) is 13.5. The van der Waals surface area contributed by atoms with Crippen LogP contribution in [0.5, 0.6) is 11.5 Å². The van der Waals surface area contributed by atoms with Crippen molar-refractivity contribution in [3.63, 3.8) is 0 Å². The molecule has 2 rings (SSSR count). The van der Waals surface area contributed by atoms with Gasteiger partial charge >= 0.3 is 0 Å². The molecule has 0 aliphatic rings. The largest absolute Gasteiger partial charge is 0.491 e. The SMILES string of the molecule is CCCCC(CC)COc1c(Cl)cc(OCC(Cl)CCCl)c2ccccc12. The van der Waals surface area contributed by atoms with Crippen LogP contribution in [-0.2, 0) is 0 Å². The van der Waals surface area contributed by atoms with Crippen molar-refractivity contribution >= 4 is 45.6 Å². The molecule has 2 unspecified atom stereocenters. The smallest absolute Gasteiger partial charge is 0.145 e. The minimum Gasteiger partial charge on any atom is -0.491 e. The maximum atomic E-state index is 6.56. The molecule has 27 heavy (non-hydrogen) atoms. The second kappa shape index (κ2) is 11.9. The summed E-state index contributed by atoms with van der Waals surface area (Å²) in [5.41, 5.74) is 0. The lowest BCUT2D eigenvalue weighted by Gasteiger charge is -2.19. The first-order valence-electron chi connectivity index (χ1n) is 9.77. The van der Waals surface area contributed by atoms with E-state index in [0.717, 1.165) is 28.7 Å². The minimum atomic E-state index is -0.125. The Labute approximate surface area is 178 Å². The van der Waals surface area contributed by atoms with Crippen LogP contribution in [0.1, 0.15) is 46.0 Å². The molecule has 2 nitrogen and oxygen atoms in total. The van der Waals surface area contributed by atoms with Gasteiger partial charge in [-0.3, -0.25) is 0 Å². The van der Waals surface area contributed by atoms with E-state index in [9.17, 15) is 0 Å². The second-order valence-corrected chi connectivity index (χ2v) is 8.25. The molecule has 0 spiro atoms. The summed E-state index contributed by atoms with van der Waals surface area (Å²) in [4.78, 5) is 0. The molecule has 0 aliphatic heterocycles. The molecule has 0 amide bonds. The van der Waals surface area contributed by atoms with E-state index in [1.54, 1.807) is 0 Å². The van der Waals surface area contributed by atoms with Crippen LogP contribution in [0.3, 0.4) is 0 Å². The van der Waals surface area contributed by atoms with E-state index >= 15 is 0 Å². The molecule has 0 bridgehead atoms. The number of hydrogen-bond donors (Lipinski definition) is 0. The number of fused-ring (bicyclic) bond motifs is 1. The first-order chi connectivity index (χ1) is 13.1. The molecule has 0 saturated carbocycles. The lowest BCUT2D eigenvalue weighted by atomic mass is 10.0. The Morgan fingerprint density at radius 1 is 1.00 bits per heavy atom. The average molecular weight is 432 g/mol. The zero-order valence-electron chi connectivity index (χ0n) is 16.1. The first kappa shape index (κ1) is 22.5. The molecular weight excluding hydrogens is 403 g/mol. The van der Waals surface area contributed by atoms with Gasteiger partial charge in [0, 0.05) is 22.7 Å². The lowest BCUT2D eigenvalue weighted by Crippen LogP contribution is -2.13. The van der Waals surface area contributed by atoms with Gasteiger partial charge in [-0.25, -0.2) is 0 Å². The molecule has 0 saturated heterocycles. The highest BCUT2D eigenvalue weighted by Crippen LogP contribution is 2.40. The Balaban J connectivity index is 2.20. The Morgan fingerprint density at radius 3 is 2.41 bits per heavy atom. The van der Waals surface area contributed by atoms with E-state index in [2.05, 4.69) is 13.8 Å². The topological polar surface area (TPSA) is 18.5 Å². The monoisotopic (exact) mass is 430 g/mol. The number of rotatable bonds is 12. The number of unbranched alkanes of at least 4 members (excludes halogenated alkanes) is 1. The standard InChI is InChI=1S/C22H29Cl3O2/c1-3-5-8-16(4-2)14-27-22-19-10-7-6-9-18(19)21(13-20(22)25)26-15-17(24)11-12-23/h6-7,9-10,13,16-17H,3-5,8,11-12,14-15H2,1-2H3. The molecule has 0 fully saturated rings. The molecule has 2 atom stereocenters. The molecule has 0 radical (unpaired) electrons. The van der Waals surface area contributed by atoms with Crippen LogP contribution < -0.4 is 9.47 Å². The van der Waals surface area contributed by atoms with Crippen LogP contribution in [0.2, 0.25) is 5.02 Å². The number of alkyl halides is 2. The fourth-order valence-electron chi connectivity index (χ4n) is 3.03. The van der Waals surface area contributed by atoms with Gasteiger partial charge in [-0.2, -0.15) is 0 Å². The molecule has 0 N–H and O–H groups in total. The van der Waals surface area contributed by atoms with Gasteiger partial charge in [-0.1, -0.05) is 69.0 Å². The van der Waals surface area contributed by atoms with Crippen LogP contribution in [0, 0.1) is 5.92 Å². The summed E-state index contributed by atoms with van der Waals surface area (Å²) in [5.74, 6) is 2.52. The maximum absolute atomic E-state index is 6.56. The molecule has 150 valence electrons. The quantitative estimate of drug-likeness (QED) is 0.320. The van der Waals surface area contributed by atoms with E-state index in [1.807, 2.05) is 30.3 Å². The average Bonchev–Trinajstić information content (AvgIpc) is 2.68. The third-order valence-electron chi connectivity index (χ3n) is 4.76. The van der Waals surface area contributed by atoms with Crippen LogP contribution in [0.25, 0.3) is 10.8 Å². The van der Waals surface area contributed by atoms with Crippen molar-refractivity contribution in [1.29, 1.82) is 0 Å². The van der Waals surface area contributed by atoms with E-state index in [4.69, 9.17) is 44.3 Å². The van der Waals surface area contributed by atoms with Gasteiger partial charge in [0.1, 0.15) is 18.1 Å². The Bertz CT molecular complexity index is 705. The highest BCUT2D eigenvalue weighted by molar-refractivity contribution is 6.33. The molecule has 5 heteroatoms. The molecule has 0 aliphatic carbocycles. The van der Waals surface area contributed by atoms with E-state index in [1.165, 1.54) is 19.3 Å². The van der Waals surface area contributed by atoms with Crippen LogP contribution in [-0.4, -0.2) is 24.5 Å². The van der Waals surface area contributed by atoms with Gasteiger partial charge in [-0.15, -0.1) is 23.2 Å². The predicted octanol–water partition coefficient (Wildman–Crippen LogP) is 7.70. The van der Waals surface area contributed by atoms with Gasteiger partial charge in [0.15, 0.2) is 0 Å². The summed E-state index contributed by atoms with van der Waals surface area (Å²) < 4.78 is 12.1. The fraction of sp³-hybridized carbons (Fsp3) is 0.545. The number of hydrogen-bond acceptors (Lipinski definition) is 2. The molecule has 2 aromatic carbocycles. The Hall–Kier alpha value is -0.830. The van der Waals surface area contributed by atoms with Gasteiger partial charge in [-0.05, 0) is 18.8 Å². The summed E-state index contributed by atoms with van der Waals surface area (Å²) in [6, 6.07) is 9.85. The maximum Gasteiger partial charge on any atom is 0.145 e. The van der Waals surface area contributed by atoms with Crippen molar-refractivity contribution in [3.8, 4) is 11.5 Å². The highest BCUT2D eigenvalue weighted by atomic mass is 35.5. The highest BCUT2D eigenvalue weighted by Gasteiger charge is 2.16. The first-order valence-corrected chi connectivity index (χ1v) is 11.1. The Kier molecular flexibility index (Phi) is 9.89. The molecule has 0 aromatic heterocycles. The third-order valence-corrected chi connectivity index (χ3v) is 5.60. The minimum absolute atomic E-state index is 0.125. The van der Waals surface area contributed by atoms with Crippen molar-refractivity contribution < 1.29 is 9.47 Å². The third kappa shape index (κ3) is 6.62. The summed E-state index contributed by atoms with van der Waals surface area (Å²) in [6.45, 7) is 5.50. The summed E-state index contributed by atoms with van der Waals surface area (Å²) >= 11 is 18.5. The summed E-state index contributed by atoms with van der Waals surface area (Å²) in [5, 5.41) is 2.39. The second-order valence-electron chi connectivity index (χ2n) is 6.84.